The van der Waals surface area contributed by atoms with Gasteiger partial charge >= 0.3 is 0 Å². The molecular weight excluding hydrogens is 309 g/mol. The molecule has 0 spiro atoms. The maximum atomic E-state index is 13.2. The lowest BCUT2D eigenvalue weighted by Gasteiger charge is -2.12. The summed E-state index contributed by atoms with van der Waals surface area (Å²) < 4.78 is 24.3. The molecule has 2 aromatic carbocycles. The van der Waals surface area contributed by atoms with Crippen molar-refractivity contribution in [3.63, 3.8) is 0 Å². The Hall–Kier alpha value is -2.89. The van der Waals surface area contributed by atoms with Crippen molar-refractivity contribution in [1.29, 1.82) is 0 Å². The van der Waals surface area contributed by atoms with Crippen LogP contribution in [0.15, 0.2) is 52.9 Å². The molecular formula is C18H18FN3O2. The van der Waals surface area contributed by atoms with Gasteiger partial charge in [-0.15, -0.1) is 10.2 Å². The van der Waals surface area contributed by atoms with E-state index in [1.807, 2.05) is 38.1 Å². The van der Waals surface area contributed by atoms with E-state index in [0.29, 0.717) is 29.7 Å². The number of halogens is 1. The highest BCUT2D eigenvalue weighted by Gasteiger charge is 2.13. The molecule has 0 radical (unpaired) electrons. The topological polar surface area (TPSA) is 60.2 Å². The van der Waals surface area contributed by atoms with Crippen LogP contribution in [0.1, 0.15) is 31.7 Å². The first kappa shape index (κ1) is 16.0. The summed E-state index contributed by atoms with van der Waals surface area (Å²) in [6.45, 7) is 3.91. The fraction of sp³-hybridized carbons (Fsp3) is 0.222. The van der Waals surface area contributed by atoms with Crippen molar-refractivity contribution in [3.05, 3.63) is 66.1 Å². The summed E-state index contributed by atoms with van der Waals surface area (Å²) in [6, 6.07) is 13.3. The Bertz CT molecular complexity index is 802. The summed E-state index contributed by atoms with van der Waals surface area (Å²) >= 11 is 0. The van der Waals surface area contributed by atoms with Gasteiger partial charge in [0.25, 0.3) is 0 Å². The van der Waals surface area contributed by atoms with Gasteiger partial charge in [-0.1, -0.05) is 13.0 Å². The molecule has 0 fully saturated rings. The van der Waals surface area contributed by atoms with E-state index in [-0.39, 0.29) is 11.9 Å². The summed E-state index contributed by atoms with van der Waals surface area (Å²) in [5.41, 5.74) is 0.894. The summed E-state index contributed by atoms with van der Waals surface area (Å²) in [4.78, 5) is 0. The smallest absolute Gasteiger partial charge is 0.238 e. The number of hydrogen-bond donors (Lipinski definition) is 1. The molecule has 1 unspecified atom stereocenters. The molecule has 5 nitrogen and oxygen atoms in total. The van der Waals surface area contributed by atoms with E-state index in [9.17, 15) is 4.39 Å². The van der Waals surface area contributed by atoms with Crippen molar-refractivity contribution in [2.24, 2.45) is 0 Å². The van der Waals surface area contributed by atoms with Crippen LogP contribution in [0.2, 0.25) is 0 Å². The second-order valence-corrected chi connectivity index (χ2v) is 5.34. The first-order chi connectivity index (χ1) is 11.6. The van der Waals surface area contributed by atoms with E-state index in [1.54, 1.807) is 12.1 Å². The van der Waals surface area contributed by atoms with Crippen LogP contribution in [0.5, 0.6) is 11.5 Å². The molecule has 1 heterocycles. The van der Waals surface area contributed by atoms with Crippen LogP contribution < -0.4 is 10.1 Å². The van der Waals surface area contributed by atoms with Crippen molar-refractivity contribution in [2.45, 2.75) is 26.3 Å². The van der Waals surface area contributed by atoms with Crippen LogP contribution in [-0.2, 0) is 6.42 Å². The molecule has 0 saturated heterocycles. The third-order valence-corrected chi connectivity index (χ3v) is 3.42. The predicted octanol–water partition coefficient (Wildman–Crippen LogP) is 4.74. The molecule has 1 N–H and O–H groups in total. The van der Waals surface area contributed by atoms with E-state index in [2.05, 4.69) is 15.5 Å². The van der Waals surface area contributed by atoms with Gasteiger partial charge in [0.15, 0.2) is 0 Å². The largest absolute Gasteiger partial charge is 0.457 e. The minimum absolute atomic E-state index is 0.104. The predicted molar refractivity (Wildman–Crippen MR) is 88.6 cm³/mol. The first-order valence-electron chi connectivity index (χ1n) is 7.76. The third kappa shape index (κ3) is 3.90. The fourth-order valence-electron chi connectivity index (χ4n) is 2.18. The second-order valence-electron chi connectivity index (χ2n) is 5.34. The van der Waals surface area contributed by atoms with Gasteiger partial charge in [0.1, 0.15) is 23.4 Å². The van der Waals surface area contributed by atoms with Crippen LogP contribution in [-0.4, -0.2) is 10.2 Å². The first-order valence-corrected chi connectivity index (χ1v) is 7.76. The fourth-order valence-corrected chi connectivity index (χ4v) is 2.18. The molecule has 0 aliphatic heterocycles. The maximum Gasteiger partial charge on any atom is 0.238 e. The average molecular weight is 327 g/mol. The number of benzene rings is 2. The molecule has 3 aromatic rings. The SMILES string of the molecule is CCc1nnc(C(C)Nc2ccc(Oc3cccc(F)c3)cc2)o1. The summed E-state index contributed by atoms with van der Waals surface area (Å²) in [6.07, 6.45) is 0.714. The molecule has 24 heavy (non-hydrogen) atoms. The Morgan fingerprint density at radius 3 is 2.58 bits per heavy atom. The van der Waals surface area contributed by atoms with Crippen molar-refractivity contribution < 1.29 is 13.5 Å². The van der Waals surface area contributed by atoms with Gasteiger partial charge in [-0.05, 0) is 43.3 Å². The minimum atomic E-state index is -0.328. The van der Waals surface area contributed by atoms with Crippen LogP contribution in [0.25, 0.3) is 0 Å². The van der Waals surface area contributed by atoms with Gasteiger partial charge in [-0.2, -0.15) is 0 Å². The third-order valence-electron chi connectivity index (χ3n) is 3.42. The van der Waals surface area contributed by atoms with Crippen molar-refractivity contribution in [1.82, 2.24) is 10.2 Å². The molecule has 0 aliphatic rings. The van der Waals surface area contributed by atoms with Gasteiger partial charge in [0, 0.05) is 18.2 Å². The lowest BCUT2D eigenvalue weighted by atomic mass is 10.2. The van der Waals surface area contributed by atoms with Crippen molar-refractivity contribution >= 4 is 5.69 Å². The Morgan fingerprint density at radius 1 is 1.12 bits per heavy atom. The number of nitrogens with zero attached hydrogens (tertiary/aromatic N) is 2. The Balaban J connectivity index is 1.63. The molecule has 0 aliphatic carbocycles. The van der Waals surface area contributed by atoms with Gasteiger partial charge in [-0.25, -0.2) is 4.39 Å². The second kappa shape index (κ2) is 7.12. The van der Waals surface area contributed by atoms with Crippen LogP contribution in [0.4, 0.5) is 10.1 Å². The number of ether oxygens (including phenoxy) is 1. The minimum Gasteiger partial charge on any atom is -0.457 e. The highest BCUT2D eigenvalue weighted by molar-refractivity contribution is 5.48. The monoisotopic (exact) mass is 327 g/mol. The van der Waals surface area contributed by atoms with Crippen molar-refractivity contribution in [2.75, 3.05) is 5.32 Å². The zero-order valence-electron chi connectivity index (χ0n) is 13.5. The highest BCUT2D eigenvalue weighted by atomic mass is 19.1. The summed E-state index contributed by atoms with van der Waals surface area (Å²) in [7, 11) is 0. The van der Waals surface area contributed by atoms with Crippen molar-refractivity contribution in [3.8, 4) is 11.5 Å². The van der Waals surface area contributed by atoms with Crippen LogP contribution >= 0.6 is 0 Å². The number of hydrogen-bond acceptors (Lipinski definition) is 5. The summed E-state index contributed by atoms with van der Waals surface area (Å²) in [5, 5.41) is 11.3. The van der Waals surface area contributed by atoms with Crippen LogP contribution in [0.3, 0.4) is 0 Å². The molecule has 3 rings (SSSR count). The summed E-state index contributed by atoms with van der Waals surface area (Å²) in [5.74, 6) is 1.93. The van der Waals surface area contributed by atoms with E-state index in [1.165, 1.54) is 12.1 Å². The van der Waals surface area contributed by atoms with Gasteiger partial charge in [0.05, 0.1) is 0 Å². The number of anilines is 1. The molecule has 124 valence electrons. The highest BCUT2D eigenvalue weighted by Crippen LogP contribution is 2.25. The average Bonchev–Trinajstić information content (AvgIpc) is 3.06. The lowest BCUT2D eigenvalue weighted by molar-refractivity contribution is 0.439. The van der Waals surface area contributed by atoms with E-state index in [4.69, 9.17) is 9.15 Å². The van der Waals surface area contributed by atoms with Gasteiger partial charge in [0.2, 0.25) is 11.8 Å². The standard InChI is InChI=1S/C18H18FN3O2/c1-3-17-21-22-18(24-17)12(2)20-14-7-9-15(10-8-14)23-16-6-4-5-13(19)11-16/h4-12,20H,3H2,1-2H3. The quantitative estimate of drug-likeness (QED) is 0.709. The van der Waals surface area contributed by atoms with Crippen LogP contribution in [0, 0.1) is 5.82 Å². The zero-order chi connectivity index (χ0) is 16.9. The number of aromatic nitrogens is 2. The Kier molecular flexibility index (Phi) is 4.74. The normalized spacial score (nSPS) is 12.0. The van der Waals surface area contributed by atoms with E-state index in [0.717, 1.165) is 5.69 Å². The molecule has 6 heteroatoms. The number of aryl methyl sites for hydroxylation is 1. The zero-order valence-corrected chi connectivity index (χ0v) is 13.5. The molecule has 0 bridgehead atoms. The molecule has 0 amide bonds. The van der Waals surface area contributed by atoms with Gasteiger partial charge < -0.3 is 14.5 Å². The lowest BCUT2D eigenvalue weighted by Crippen LogP contribution is -2.06. The maximum absolute atomic E-state index is 13.2. The Morgan fingerprint density at radius 2 is 1.92 bits per heavy atom. The molecule has 1 atom stereocenters. The number of nitrogens with one attached hydrogen (secondary N) is 1. The van der Waals surface area contributed by atoms with E-state index >= 15 is 0 Å². The van der Waals surface area contributed by atoms with Gasteiger partial charge in [-0.3, -0.25) is 0 Å². The molecule has 1 aromatic heterocycles. The molecule has 0 saturated carbocycles. The number of rotatable bonds is 6. The Labute approximate surface area is 139 Å². The van der Waals surface area contributed by atoms with E-state index < -0.39 is 0 Å².